The number of amides is 1. The van der Waals surface area contributed by atoms with Gasteiger partial charge >= 0.3 is 18.1 Å². The smallest absolute Gasteiger partial charge is 0.417 e. The van der Waals surface area contributed by atoms with Gasteiger partial charge in [0.2, 0.25) is 0 Å². The number of methoxy groups -OCH3 is 1. The summed E-state index contributed by atoms with van der Waals surface area (Å²) in [5.41, 5.74) is -4.23. The van der Waals surface area contributed by atoms with Crippen molar-refractivity contribution in [3.63, 3.8) is 0 Å². The van der Waals surface area contributed by atoms with Crippen molar-refractivity contribution in [2.24, 2.45) is 0 Å². The zero-order valence-electron chi connectivity index (χ0n) is 22.2. The van der Waals surface area contributed by atoms with Gasteiger partial charge in [-0.1, -0.05) is 45.4 Å². The molecular weight excluding hydrogens is 556 g/mol. The van der Waals surface area contributed by atoms with Crippen molar-refractivity contribution < 1.29 is 41.8 Å². The number of carboxylic acid groups (broad SMARTS) is 1. The van der Waals surface area contributed by atoms with Crippen LogP contribution in [0, 0.1) is 11.2 Å². The van der Waals surface area contributed by atoms with Crippen LogP contribution in [0.3, 0.4) is 0 Å². The lowest BCUT2D eigenvalue weighted by molar-refractivity contribution is -0.137. The van der Waals surface area contributed by atoms with Crippen LogP contribution in [0.15, 0.2) is 54.6 Å². The Labute approximate surface area is 233 Å². The molecule has 3 aromatic rings. The Morgan fingerprint density at radius 1 is 0.925 bits per heavy atom. The number of benzene rings is 3. The molecule has 0 aliphatic heterocycles. The van der Waals surface area contributed by atoms with Gasteiger partial charge in [-0.05, 0) is 48.5 Å². The van der Waals surface area contributed by atoms with Gasteiger partial charge in [-0.25, -0.2) is 14.0 Å². The zero-order valence-corrected chi connectivity index (χ0v) is 22.9. The molecule has 0 heterocycles. The van der Waals surface area contributed by atoms with E-state index < -0.39 is 51.7 Å². The van der Waals surface area contributed by atoms with E-state index in [4.69, 9.17) is 17.0 Å². The summed E-state index contributed by atoms with van der Waals surface area (Å²) in [7, 11) is 1.10. The van der Waals surface area contributed by atoms with Crippen molar-refractivity contribution in [3.8, 4) is 0 Å². The number of rotatable bonds is 6. The van der Waals surface area contributed by atoms with E-state index in [1.165, 1.54) is 6.07 Å². The van der Waals surface area contributed by atoms with Crippen LogP contribution in [0.2, 0.25) is 5.02 Å². The topological polar surface area (TPSA) is 117 Å². The second-order valence-electron chi connectivity index (χ2n) is 7.24. The van der Waals surface area contributed by atoms with Gasteiger partial charge < -0.3 is 15.2 Å². The second kappa shape index (κ2) is 14.8. The van der Waals surface area contributed by atoms with Gasteiger partial charge in [0.05, 0.1) is 45.8 Å². The van der Waals surface area contributed by atoms with Gasteiger partial charge in [-0.15, -0.1) is 0 Å². The van der Waals surface area contributed by atoms with E-state index in [1.807, 2.05) is 27.7 Å². The van der Waals surface area contributed by atoms with Crippen molar-refractivity contribution in [1.29, 1.82) is 5.41 Å². The summed E-state index contributed by atoms with van der Waals surface area (Å²) in [5.74, 6) is -4.59. The van der Waals surface area contributed by atoms with E-state index in [0.29, 0.717) is 6.07 Å². The van der Waals surface area contributed by atoms with Crippen molar-refractivity contribution in [1.82, 2.24) is 0 Å². The summed E-state index contributed by atoms with van der Waals surface area (Å²) in [5, 5.41) is 19.4. The zero-order chi connectivity index (χ0) is 30.8. The first kappa shape index (κ1) is 33.8. The first-order valence-electron chi connectivity index (χ1n) is 11.9. The molecule has 0 bridgehead atoms. The van der Waals surface area contributed by atoms with Gasteiger partial charge in [-0.2, -0.15) is 13.2 Å². The second-order valence-corrected chi connectivity index (χ2v) is 7.65. The highest BCUT2D eigenvalue weighted by Crippen LogP contribution is 2.35. The van der Waals surface area contributed by atoms with E-state index in [-0.39, 0.29) is 27.9 Å². The molecule has 3 rings (SSSR count). The number of hydrogen-bond donors (Lipinski definition) is 3. The molecule has 40 heavy (non-hydrogen) atoms. The molecule has 3 aromatic carbocycles. The first-order valence-corrected chi connectivity index (χ1v) is 12.2. The number of hydrogen-bond acceptors (Lipinski definition) is 5. The normalized spacial score (nSPS) is 10.2. The van der Waals surface area contributed by atoms with E-state index in [0.717, 1.165) is 49.6 Å². The Morgan fingerprint density at radius 2 is 1.50 bits per heavy atom. The molecule has 7 nitrogen and oxygen atoms in total. The van der Waals surface area contributed by atoms with Crippen molar-refractivity contribution >= 4 is 40.8 Å². The van der Waals surface area contributed by atoms with Gasteiger partial charge in [0.25, 0.3) is 5.91 Å². The highest BCUT2D eigenvalue weighted by molar-refractivity contribution is 6.35. The third-order valence-electron chi connectivity index (χ3n) is 4.99. The fraction of sp³-hybridized carbons (Fsp3) is 0.214. The van der Waals surface area contributed by atoms with Gasteiger partial charge in [0.1, 0.15) is 5.82 Å². The largest absolute Gasteiger partial charge is 0.478 e. The van der Waals surface area contributed by atoms with Crippen LogP contribution in [0.25, 0.3) is 0 Å². The maximum absolute atomic E-state index is 14.7. The van der Waals surface area contributed by atoms with Gasteiger partial charge in [0, 0.05) is 11.1 Å². The molecule has 0 spiro atoms. The summed E-state index contributed by atoms with van der Waals surface area (Å²) >= 11 is 5.87. The first-order chi connectivity index (χ1) is 18.8. The minimum atomic E-state index is -4.93. The van der Waals surface area contributed by atoms with Crippen molar-refractivity contribution in [2.75, 3.05) is 12.4 Å². The Bertz CT molecular complexity index is 1410. The number of anilines is 1. The number of esters is 1. The number of carbonyl (C=O) groups excluding carboxylic acids is 2. The predicted octanol–water partition coefficient (Wildman–Crippen LogP) is 7.70. The molecule has 3 N–H and O–H groups in total. The Morgan fingerprint density at radius 3 is 2.02 bits per heavy atom. The summed E-state index contributed by atoms with van der Waals surface area (Å²) in [6, 6.07) is 8.89. The predicted molar refractivity (Wildman–Crippen MR) is 144 cm³/mol. The Hall–Kier alpha value is -4.25. The molecule has 0 aliphatic rings. The molecule has 214 valence electrons. The molecule has 0 unspecified atom stereocenters. The summed E-state index contributed by atoms with van der Waals surface area (Å²) in [4.78, 5) is 35.9. The highest BCUT2D eigenvalue weighted by Gasteiger charge is 2.36. The average molecular weight is 583 g/mol. The lowest BCUT2D eigenvalue weighted by Crippen LogP contribution is -2.21. The van der Waals surface area contributed by atoms with Crippen LogP contribution in [0.4, 0.5) is 23.2 Å². The van der Waals surface area contributed by atoms with Crippen LogP contribution in [-0.4, -0.2) is 35.8 Å². The average Bonchev–Trinajstić information content (AvgIpc) is 2.93. The summed E-state index contributed by atoms with van der Waals surface area (Å²) in [6.45, 7) is 8.00. The van der Waals surface area contributed by atoms with Crippen LogP contribution in [0.1, 0.15) is 75.5 Å². The maximum atomic E-state index is 14.7. The van der Waals surface area contributed by atoms with Crippen LogP contribution < -0.4 is 5.32 Å². The van der Waals surface area contributed by atoms with Gasteiger partial charge in [0.15, 0.2) is 0 Å². The van der Waals surface area contributed by atoms with E-state index in [2.05, 4.69) is 10.1 Å². The SMILES string of the molecule is CC.CC.COC(=O)c1ccc(C(=N)c2ccc(C(=O)O)cc2NC(=O)c2c(Cl)cccc2C(F)(F)F)c(F)c1. The minimum absolute atomic E-state index is 0.139. The Balaban J connectivity index is 0.00000191. The molecule has 0 atom stereocenters. The van der Waals surface area contributed by atoms with Crippen molar-refractivity contribution in [3.05, 3.63) is 98.8 Å². The monoisotopic (exact) mass is 582 g/mol. The number of carboxylic acids is 1. The fourth-order valence-corrected chi connectivity index (χ4v) is 3.54. The molecule has 0 saturated heterocycles. The van der Waals surface area contributed by atoms with E-state index >= 15 is 0 Å². The van der Waals surface area contributed by atoms with Crippen LogP contribution in [-0.2, 0) is 10.9 Å². The fourth-order valence-electron chi connectivity index (χ4n) is 3.28. The van der Waals surface area contributed by atoms with E-state index in [9.17, 15) is 37.1 Å². The molecule has 1 amide bonds. The molecular formula is C28H27ClF4N2O5. The lowest BCUT2D eigenvalue weighted by Gasteiger charge is -2.17. The Kier molecular flexibility index (Phi) is 12.5. The van der Waals surface area contributed by atoms with E-state index in [1.54, 1.807) is 0 Å². The third-order valence-corrected chi connectivity index (χ3v) is 5.30. The molecule has 0 saturated carbocycles. The molecule has 0 aliphatic carbocycles. The standard InChI is InChI=1S/C24H15ClF4N2O5.2C2H6/c1-36-23(35)12-6-7-13(17(26)9-12)20(30)14-8-5-11(22(33)34)10-18(14)31-21(32)19-15(24(27,28)29)3-2-4-16(19)25;2*1-2/h2-10,30H,1H3,(H,31,32)(H,33,34);2*1-2H3. The third kappa shape index (κ3) is 7.89. The maximum Gasteiger partial charge on any atom is 0.417 e. The number of aromatic carboxylic acids is 1. The molecule has 0 fully saturated rings. The molecule has 12 heteroatoms. The lowest BCUT2D eigenvalue weighted by atomic mass is 9.97. The number of ether oxygens (including phenoxy) is 1. The van der Waals surface area contributed by atoms with Crippen LogP contribution in [0.5, 0.6) is 0 Å². The number of alkyl halides is 3. The van der Waals surface area contributed by atoms with Crippen LogP contribution >= 0.6 is 11.6 Å². The number of carbonyl (C=O) groups is 3. The molecule has 0 aromatic heterocycles. The number of halogens is 5. The molecule has 0 radical (unpaired) electrons. The van der Waals surface area contributed by atoms with Gasteiger partial charge in [-0.3, -0.25) is 10.2 Å². The van der Waals surface area contributed by atoms with Crippen molar-refractivity contribution in [2.45, 2.75) is 33.9 Å². The minimum Gasteiger partial charge on any atom is -0.478 e. The summed E-state index contributed by atoms with van der Waals surface area (Å²) in [6.07, 6.45) is -4.93. The quantitative estimate of drug-likeness (QED) is 0.156. The summed E-state index contributed by atoms with van der Waals surface area (Å²) < 4.78 is 59.6. The highest BCUT2D eigenvalue weighted by atomic mass is 35.5. The number of nitrogens with one attached hydrogen (secondary N) is 2.